The van der Waals surface area contributed by atoms with E-state index in [2.05, 4.69) is 4.90 Å². The van der Waals surface area contributed by atoms with Gasteiger partial charge < -0.3 is 24.1 Å². The summed E-state index contributed by atoms with van der Waals surface area (Å²) in [7, 11) is 3.17. The third kappa shape index (κ3) is 3.86. The summed E-state index contributed by atoms with van der Waals surface area (Å²) in [5, 5.41) is 9.10. The highest BCUT2D eigenvalue weighted by molar-refractivity contribution is 6.22. The van der Waals surface area contributed by atoms with Crippen molar-refractivity contribution in [1.82, 2.24) is 4.90 Å². The molecule has 158 valence electrons. The molecule has 0 bridgehead atoms. The van der Waals surface area contributed by atoms with Gasteiger partial charge in [0.15, 0.2) is 17.3 Å². The first kappa shape index (κ1) is 20.2. The van der Waals surface area contributed by atoms with E-state index in [1.54, 1.807) is 26.5 Å². The van der Waals surface area contributed by atoms with Gasteiger partial charge in [-0.2, -0.15) is 0 Å². The van der Waals surface area contributed by atoms with Crippen molar-refractivity contribution in [3.63, 3.8) is 0 Å². The lowest BCUT2D eigenvalue weighted by molar-refractivity contribution is -0.170. The number of methoxy groups -OCH3 is 2. The zero-order chi connectivity index (χ0) is 20.4. The fraction of sp³-hybridized carbons (Fsp3) is 0.591. The zero-order valence-electron chi connectivity index (χ0n) is 17.0. The van der Waals surface area contributed by atoms with Crippen LogP contribution in [0, 0.1) is 11.8 Å². The molecular formula is C22H29NO6. The van der Waals surface area contributed by atoms with Crippen molar-refractivity contribution in [3.05, 3.63) is 30.0 Å². The highest BCUT2D eigenvalue weighted by atomic mass is 16.5. The Morgan fingerprint density at radius 3 is 2.79 bits per heavy atom. The number of Topliss-reactive ketones (excluding diaryl/α,β-unsaturated/α-hetero) is 1. The van der Waals surface area contributed by atoms with Crippen LogP contribution in [0.25, 0.3) is 5.57 Å². The van der Waals surface area contributed by atoms with E-state index in [0.29, 0.717) is 23.8 Å². The molecule has 1 N–H and O–H groups in total. The van der Waals surface area contributed by atoms with Gasteiger partial charge in [0.1, 0.15) is 6.10 Å². The van der Waals surface area contributed by atoms with E-state index >= 15 is 0 Å². The quantitative estimate of drug-likeness (QED) is 0.779. The Morgan fingerprint density at radius 1 is 1.21 bits per heavy atom. The van der Waals surface area contributed by atoms with Crippen molar-refractivity contribution in [3.8, 4) is 11.5 Å². The second kappa shape index (κ2) is 8.73. The van der Waals surface area contributed by atoms with Gasteiger partial charge >= 0.3 is 0 Å². The second-order valence-corrected chi connectivity index (χ2v) is 7.90. The van der Waals surface area contributed by atoms with E-state index in [1.807, 2.05) is 12.1 Å². The van der Waals surface area contributed by atoms with Gasteiger partial charge in [-0.25, -0.2) is 0 Å². The number of nitrogens with zero attached hydrogens (tertiary/aromatic N) is 1. The van der Waals surface area contributed by atoms with E-state index in [1.165, 1.54) is 0 Å². The van der Waals surface area contributed by atoms with Crippen LogP contribution in [0.2, 0.25) is 0 Å². The predicted molar refractivity (Wildman–Crippen MR) is 107 cm³/mol. The van der Waals surface area contributed by atoms with Crippen LogP contribution in [0.15, 0.2) is 24.5 Å². The molecule has 1 aromatic rings. The standard InChI is InChI=1S/C22H29NO6/c1-26-19-6-4-14(10-20(19)27-2)17-12-28-22-15(21(17)25)5-7-18-16(22)11-23(13-29-18)8-3-9-24/h4,6,10,12,15-16,18,22,24H,3,5,7-9,11,13H2,1-2H3. The molecule has 1 aromatic carbocycles. The molecule has 0 amide bonds. The summed E-state index contributed by atoms with van der Waals surface area (Å²) in [5.74, 6) is 1.34. The Balaban J connectivity index is 1.54. The molecule has 0 aromatic heterocycles. The number of aliphatic hydroxyl groups is 1. The van der Waals surface area contributed by atoms with Crippen molar-refractivity contribution in [2.24, 2.45) is 11.8 Å². The van der Waals surface area contributed by atoms with E-state index < -0.39 is 0 Å². The molecule has 2 aliphatic heterocycles. The van der Waals surface area contributed by atoms with E-state index in [-0.39, 0.29) is 36.4 Å². The molecule has 7 nitrogen and oxygen atoms in total. The minimum Gasteiger partial charge on any atom is -0.496 e. The summed E-state index contributed by atoms with van der Waals surface area (Å²) in [6.07, 6.45) is 3.94. The minimum absolute atomic E-state index is 0.124. The normalized spacial score (nSPS) is 29.3. The van der Waals surface area contributed by atoms with E-state index in [4.69, 9.17) is 24.1 Å². The summed E-state index contributed by atoms with van der Waals surface area (Å²) in [6.45, 7) is 2.37. The number of hydrogen-bond acceptors (Lipinski definition) is 7. The third-order valence-electron chi connectivity index (χ3n) is 6.27. The average Bonchev–Trinajstić information content (AvgIpc) is 2.77. The van der Waals surface area contributed by atoms with Crippen LogP contribution in [0.5, 0.6) is 11.5 Å². The lowest BCUT2D eigenvalue weighted by Gasteiger charge is -2.48. The smallest absolute Gasteiger partial charge is 0.173 e. The maximum atomic E-state index is 13.3. The maximum Gasteiger partial charge on any atom is 0.173 e. The van der Waals surface area contributed by atoms with Crippen molar-refractivity contribution in [2.45, 2.75) is 31.5 Å². The molecule has 2 heterocycles. The maximum absolute atomic E-state index is 13.3. The molecule has 2 fully saturated rings. The van der Waals surface area contributed by atoms with E-state index in [0.717, 1.165) is 37.9 Å². The lowest BCUT2D eigenvalue weighted by Crippen LogP contribution is -2.56. The van der Waals surface area contributed by atoms with Crippen LogP contribution in [0.3, 0.4) is 0 Å². The lowest BCUT2D eigenvalue weighted by atomic mass is 9.71. The van der Waals surface area contributed by atoms with Gasteiger partial charge in [0.05, 0.1) is 44.8 Å². The number of fused-ring (bicyclic) bond motifs is 3. The molecule has 3 aliphatic rings. The predicted octanol–water partition coefficient (Wildman–Crippen LogP) is 2.08. The van der Waals surface area contributed by atoms with Gasteiger partial charge in [-0.3, -0.25) is 9.69 Å². The summed E-state index contributed by atoms with van der Waals surface area (Å²) >= 11 is 0. The number of benzene rings is 1. The molecule has 1 saturated carbocycles. The van der Waals surface area contributed by atoms with Crippen LogP contribution >= 0.6 is 0 Å². The highest BCUT2D eigenvalue weighted by Gasteiger charge is 2.49. The van der Waals surface area contributed by atoms with Crippen LogP contribution in [0.4, 0.5) is 0 Å². The van der Waals surface area contributed by atoms with Crippen LogP contribution in [-0.2, 0) is 14.3 Å². The molecule has 4 rings (SSSR count). The Kier molecular flexibility index (Phi) is 6.08. The second-order valence-electron chi connectivity index (χ2n) is 7.90. The number of ketones is 1. The fourth-order valence-corrected chi connectivity index (χ4v) is 4.76. The molecule has 4 atom stereocenters. The van der Waals surface area contributed by atoms with Crippen molar-refractivity contribution >= 4 is 11.4 Å². The number of aliphatic hydroxyl groups excluding tert-OH is 1. The molecule has 29 heavy (non-hydrogen) atoms. The Morgan fingerprint density at radius 2 is 2.03 bits per heavy atom. The molecule has 1 saturated heterocycles. The van der Waals surface area contributed by atoms with Gasteiger partial charge in [-0.1, -0.05) is 6.07 Å². The number of carbonyl (C=O) groups is 1. The summed E-state index contributed by atoms with van der Waals surface area (Å²) in [6, 6.07) is 5.48. The Bertz CT molecular complexity index is 779. The number of hydrogen-bond donors (Lipinski definition) is 1. The molecule has 1 aliphatic carbocycles. The van der Waals surface area contributed by atoms with Crippen molar-refractivity contribution in [2.75, 3.05) is 40.6 Å². The van der Waals surface area contributed by atoms with Crippen molar-refractivity contribution < 1.29 is 28.8 Å². The summed E-state index contributed by atoms with van der Waals surface area (Å²) in [5.41, 5.74) is 1.36. The summed E-state index contributed by atoms with van der Waals surface area (Å²) < 4.78 is 22.9. The molecule has 0 radical (unpaired) electrons. The van der Waals surface area contributed by atoms with Crippen LogP contribution < -0.4 is 9.47 Å². The highest BCUT2D eigenvalue weighted by Crippen LogP contribution is 2.42. The first-order valence-electron chi connectivity index (χ1n) is 10.2. The van der Waals surface area contributed by atoms with Gasteiger partial charge in [-0.15, -0.1) is 0 Å². The van der Waals surface area contributed by atoms with Crippen LogP contribution in [-0.4, -0.2) is 68.6 Å². The minimum atomic E-state index is -0.165. The van der Waals surface area contributed by atoms with Gasteiger partial charge in [0, 0.05) is 25.6 Å². The molecule has 4 unspecified atom stereocenters. The molecule has 0 spiro atoms. The summed E-state index contributed by atoms with van der Waals surface area (Å²) in [4.78, 5) is 15.5. The SMILES string of the molecule is COc1ccc(C2=COC3C(CCC4OCN(CCCO)CC43)C2=O)cc1OC. The topological polar surface area (TPSA) is 77.5 Å². The number of carbonyl (C=O) groups excluding carboxylic acids is 1. The first-order valence-corrected chi connectivity index (χ1v) is 10.2. The van der Waals surface area contributed by atoms with E-state index in [9.17, 15) is 4.79 Å². The number of rotatable bonds is 6. The third-order valence-corrected chi connectivity index (χ3v) is 6.27. The van der Waals surface area contributed by atoms with Gasteiger partial charge in [0.2, 0.25) is 0 Å². The largest absolute Gasteiger partial charge is 0.496 e. The fourth-order valence-electron chi connectivity index (χ4n) is 4.76. The average molecular weight is 403 g/mol. The van der Waals surface area contributed by atoms with Gasteiger partial charge in [0.25, 0.3) is 0 Å². The monoisotopic (exact) mass is 403 g/mol. The number of allylic oxidation sites excluding steroid dienone is 1. The van der Waals surface area contributed by atoms with Crippen molar-refractivity contribution in [1.29, 1.82) is 0 Å². The van der Waals surface area contributed by atoms with Crippen LogP contribution in [0.1, 0.15) is 24.8 Å². The molecule has 7 heteroatoms. The Labute approximate surface area is 171 Å². The molecular weight excluding hydrogens is 374 g/mol. The zero-order valence-corrected chi connectivity index (χ0v) is 17.0. The Hall–Kier alpha value is -2.09. The van der Waals surface area contributed by atoms with Gasteiger partial charge in [-0.05, 0) is 37.0 Å². The first-order chi connectivity index (χ1) is 14.2. The number of ether oxygens (including phenoxy) is 4.